The Bertz CT molecular complexity index is 775. The molecule has 1 aromatic carbocycles. The van der Waals surface area contributed by atoms with E-state index >= 15 is 0 Å². The standard InChI is InChI=1S/C21H26N4O2/c26-21(27)19-7-4-8-20(22-19)25-13-11-24(12-14-25)18-9-10-23(16-18)15-17-5-2-1-3-6-17/h1-8,18H,9-16H2,(H,26,27). The monoisotopic (exact) mass is 366 g/mol. The minimum atomic E-state index is -0.972. The third-order valence-electron chi connectivity index (χ3n) is 5.60. The molecule has 6 nitrogen and oxygen atoms in total. The smallest absolute Gasteiger partial charge is 0.354 e. The number of nitrogens with zero attached hydrogens (tertiary/aromatic N) is 4. The Hall–Kier alpha value is -2.44. The molecule has 2 saturated heterocycles. The van der Waals surface area contributed by atoms with Crippen LogP contribution in [0.4, 0.5) is 5.82 Å². The van der Waals surface area contributed by atoms with Crippen molar-refractivity contribution in [3.63, 3.8) is 0 Å². The molecule has 3 heterocycles. The van der Waals surface area contributed by atoms with E-state index < -0.39 is 5.97 Å². The summed E-state index contributed by atoms with van der Waals surface area (Å²) >= 11 is 0. The summed E-state index contributed by atoms with van der Waals surface area (Å²) in [7, 11) is 0. The summed E-state index contributed by atoms with van der Waals surface area (Å²) in [4.78, 5) is 22.7. The molecule has 0 saturated carbocycles. The first-order valence-corrected chi connectivity index (χ1v) is 9.65. The number of rotatable bonds is 5. The largest absolute Gasteiger partial charge is 0.477 e. The lowest BCUT2D eigenvalue weighted by atomic mass is 10.2. The third kappa shape index (κ3) is 4.28. The molecule has 1 unspecified atom stereocenters. The Morgan fingerprint density at radius 2 is 1.78 bits per heavy atom. The molecule has 142 valence electrons. The number of carboxylic acid groups (broad SMARTS) is 1. The number of piperazine rings is 1. The summed E-state index contributed by atoms with van der Waals surface area (Å²) in [6, 6.07) is 16.5. The Morgan fingerprint density at radius 3 is 2.52 bits per heavy atom. The minimum absolute atomic E-state index is 0.113. The fraction of sp³-hybridized carbons (Fsp3) is 0.429. The summed E-state index contributed by atoms with van der Waals surface area (Å²) in [6.45, 7) is 7.11. The predicted octanol–water partition coefficient (Wildman–Crippen LogP) is 2.18. The van der Waals surface area contributed by atoms with Crippen molar-refractivity contribution in [2.75, 3.05) is 44.2 Å². The van der Waals surface area contributed by atoms with Crippen LogP contribution in [0.2, 0.25) is 0 Å². The van der Waals surface area contributed by atoms with Gasteiger partial charge in [-0.1, -0.05) is 36.4 Å². The molecule has 0 bridgehead atoms. The van der Waals surface area contributed by atoms with E-state index in [1.807, 2.05) is 6.07 Å². The van der Waals surface area contributed by atoms with Gasteiger partial charge in [-0.3, -0.25) is 9.80 Å². The van der Waals surface area contributed by atoms with Gasteiger partial charge in [0.1, 0.15) is 5.82 Å². The van der Waals surface area contributed by atoms with Gasteiger partial charge in [0.05, 0.1) is 0 Å². The molecule has 1 aromatic heterocycles. The number of pyridine rings is 1. The number of hydrogen-bond donors (Lipinski definition) is 1. The Kier molecular flexibility index (Phi) is 5.36. The summed E-state index contributed by atoms with van der Waals surface area (Å²) in [5.41, 5.74) is 1.50. The summed E-state index contributed by atoms with van der Waals surface area (Å²) < 4.78 is 0. The normalized spacial score (nSPS) is 21.5. The second kappa shape index (κ2) is 8.06. The molecule has 2 aliphatic rings. The van der Waals surface area contributed by atoms with Gasteiger partial charge in [0.2, 0.25) is 0 Å². The topological polar surface area (TPSA) is 59.9 Å². The van der Waals surface area contributed by atoms with E-state index in [-0.39, 0.29) is 5.69 Å². The Labute approximate surface area is 160 Å². The average molecular weight is 366 g/mol. The van der Waals surface area contributed by atoms with E-state index in [0.717, 1.165) is 51.6 Å². The van der Waals surface area contributed by atoms with Crippen molar-refractivity contribution < 1.29 is 9.90 Å². The van der Waals surface area contributed by atoms with Crippen LogP contribution in [-0.4, -0.2) is 71.2 Å². The van der Waals surface area contributed by atoms with Crippen LogP contribution in [0.1, 0.15) is 22.5 Å². The van der Waals surface area contributed by atoms with Crippen LogP contribution in [0.5, 0.6) is 0 Å². The first-order chi connectivity index (χ1) is 13.2. The lowest BCUT2D eigenvalue weighted by Crippen LogP contribution is -2.51. The van der Waals surface area contributed by atoms with Crippen molar-refractivity contribution in [3.05, 3.63) is 59.8 Å². The average Bonchev–Trinajstić information content (AvgIpc) is 3.17. The molecule has 1 N–H and O–H groups in total. The molecular weight excluding hydrogens is 340 g/mol. The van der Waals surface area contributed by atoms with E-state index in [1.165, 1.54) is 12.0 Å². The minimum Gasteiger partial charge on any atom is -0.477 e. The highest BCUT2D eigenvalue weighted by Crippen LogP contribution is 2.21. The van der Waals surface area contributed by atoms with Gasteiger partial charge in [0.15, 0.2) is 5.69 Å². The number of anilines is 1. The highest BCUT2D eigenvalue weighted by Gasteiger charge is 2.30. The molecule has 0 amide bonds. The van der Waals surface area contributed by atoms with Crippen LogP contribution in [-0.2, 0) is 6.54 Å². The van der Waals surface area contributed by atoms with E-state index in [4.69, 9.17) is 5.11 Å². The fourth-order valence-corrected chi connectivity index (χ4v) is 4.13. The number of carboxylic acids is 1. The first-order valence-electron chi connectivity index (χ1n) is 9.65. The van der Waals surface area contributed by atoms with Gasteiger partial charge >= 0.3 is 5.97 Å². The van der Waals surface area contributed by atoms with Crippen LogP contribution in [0.25, 0.3) is 0 Å². The van der Waals surface area contributed by atoms with Crippen molar-refractivity contribution in [1.29, 1.82) is 0 Å². The van der Waals surface area contributed by atoms with E-state index in [0.29, 0.717) is 6.04 Å². The molecule has 6 heteroatoms. The van der Waals surface area contributed by atoms with Crippen molar-refractivity contribution in [3.8, 4) is 0 Å². The van der Waals surface area contributed by atoms with Crippen molar-refractivity contribution in [2.45, 2.75) is 19.0 Å². The van der Waals surface area contributed by atoms with Crippen LogP contribution in [0, 0.1) is 0 Å². The first kappa shape index (κ1) is 17.9. The quantitative estimate of drug-likeness (QED) is 0.875. The predicted molar refractivity (Wildman–Crippen MR) is 105 cm³/mol. The number of carbonyl (C=O) groups is 1. The summed E-state index contributed by atoms with van der Waals surface area (Å²) in [6.07, 6.45) is 1.22. The molecule has 4 rings (SSSR count). The van der Waals surface area contributed by atoms with Gasteiger partial charge in [-0.2, -0.15) is 0 Å². The zero-order valence-electron chi connectivity index (χ0n) is 15.5. The molecular formula is C21H26N4O2. The number of hydrogen-bond acceptors (Lipinski definition) is 5. The molecule has 0 radical (unpaired) electrons. The third-order valence-corrected chi connectivity index (χ3v) is 5.60. The van der Waals surface area contributed by atoms with Crippen LogP contribution < -0.4 is 4.90 Å². The number of likely N-dealkylation sites (tertiary alicyclic amines) is 1. The van der Waals surface area contributed by atoms with Crippen molar-refractivity contribution >= 4 is 11.8 Å². The van der Waals surface area contributed by atoms with E-state index in [9.17, 15) is 4.79 Å². The van der Waals surface area contributed by atoms with E-state index in [2.05, 4.69) is 50.0 Å². The lowest BCUT2D eigenvalue weighted by Gasteiger charge is -2.38. The second-order valence-corrected chi connectivity index (χ2v) is 7.37. The Morgan fingerprint density at radius 1 is 1.00 bits per heavy atom. The van der Waals surface area contributed by atoms with Crippen molar-refractivity contribution in [1.82, 2.24) is 14.8 Å². The molecule has 2 fully saturated rings. The molecule has 2 aromatic rings. The Balaban J connectivity index is 1.29. The molecule has 0 aliphatic carbocycles. The zero-order valence-corrected chi connectivity index (χ0v) is 15.5. The molecule has 27 heavy (non-hydrogen) atoms. The maximum Gasteiger partial charge on any atom is 0.354 e. The van der Waals surface area contributed by atoms with Gasteiger partial charge in [0.25, 0.3) is 0 Å². The number of aromatic nitrogens is 1. The zero-order chi connectivity index (χ0) is 18.6. The van der Waals surface area contributed by atoms with E-state index in [1.54, 1.807) is 12.1 Å². The maximum absolute atomic E-state index is 11.1. The molecule has 0 spiro atoms. The highest BCUT2D eigenvalue weighted by molar-refractivity contribution is 5.85. The highest BCUT2D eigenvalue weighted by atomic mass is 16.4. The van der Waals surface area contributed by atoms with Crippen LogP contribution in [0.3, 0.4) is 0 Å². The van der Waals surface area contributed by atoms with Gasteiger partial charge in [0, 0.05) is 51.9 Å². The number of benzene rings is 1. The molecule has 2 aliphatic heterocycles. The lowest BCUT2D eigenvalue weighted by molar-refractivity contribution is 0.0690. The summed E-state index contributed by atoms with van der Waals surface area (Å²) in [5, 5.41) is 9.13. The van der Waals surface area contributed by atoms with Crippen LogP contribution >= 0.6 is 0 Å². The summed E-state index contributed by atoms with van der Waals surface area (Å²) in [5.74, 6) is -0.202. The SMILES string of the molecule is O=C(O)c1cccc(N2CCN(C3CCN(Cc4ccccc4)C3)CC2)n1. The molecule has 1 atom stereocenters. The van der Waals surface area contributed by atoms with Crippen LogP contribution in [0.15, 0.2) is 48.5 Å². The van der Waals surface area contributed by atoms with Gasteiger partial charge in [-0.05, 0) is 24.1 Å². The van der Waals surface area contributed by atoms with Crippen molar-refractivity contribution in [2.24, 2.45) is 0 Å². The van der Waals surface area contributed by atoms with Gasteiger partial charge in [-0.25, -0.2) is 9.78 Å². The van der Waals surface area contributed by atoms with Gasteiger partial charge in [-0.15, -0.1) is 0 Å². The van der Waals surface area contributed by atoms with Gasteiger partial charge < -0.3 is 10.0 Å². The second-order valence-electron chi connectivity index (χ2n) is 7.37. The fourth-order valence-electron chi connectivity index (χ4n) is 4.13. The maximum atomic E-state index is 11.1. The number of aromatic carboxylic acids is 1.